The molecule has 0 saturated carbocycles. The van der Waals surface area contributed by atoms with Crippen LogP contribution in [0.15, 0.2) is 93.4 Å². The second-order valence-corrected chi connectivity index (χ2v) is 11.4. The second-order valence-electron chi connectivity index (χ2n) is 9.31. The molecule has 2 aliphatic carbocycles. The van der Waals surface area contributed by atoms with Crippen LogP contribution in [0.5, 0.6) is 0 Å². The van der Waals surface area contributed by atoms with Crippen molar-refractivity contribution >= 4 is 45.1 Å². The third-order valence-corrected chi connectivity index (χ3v) is 9.49. The van der Waals surface area contributed by atoms with E-state index < -0.39 is 0 Å². The summed E-state index contributed by atoms with van der Waals surface area (Å²) in [6.07, 6.45) is 14.8. The third kappa shape index (κ3) is 4.79. The van der Waals surface area contributed by atoms with Crippen molar-refractivity contribution in [2.75, 3.05) is 11.4 Å². The molecule has 0 spiro atoms. The van der Waals surface area contributed by atoms with Crippen LogP contribution in [0.2, 0.25) is 0 Å². The Morgan fingerprint density at radius 3 is 2.63 bits per heavy atom. The number of hydrogen-bond acceptors (Lipinski definition) is 3. The van der Waals surface area contributed by atoms with Crippen molar-refractivity contribution < 1.29 is 28.5 Å². The van der Waals surface area contributed by atoms with Gasteiger partial charge in [-0.3, -0.25) is 0 Å². The number of rotatable bonds is 4. The predicted molar refractivity (Wildman–Crippen MR) is 147 cm³/mol. The zero-order valence-corrected chi connectivity index (χ0v) is 24.1. The van der Waals surface area contributed by atoms with E-state index in [4.69, 9.17) is 0 Å². The first-order valence-electron chi connectivity index (χ1n) is 12.5. The monoisotopic (exact) mass is 610 g/mol. The number of thioether (sulfide) groups is 1. The smallest absolute Gasteiger partial charge is 0.263 e. The normalized spacial score (nSPS) is 21.5. The lowest BCUT2D eigenvalue weighted by molar-refractivity contribution is -0.665. The van der Waals surface area contributed by atoms with E-state index in [9.17, 15) is 0 Å². The summed E-state index contributed by atoms with van der Waals surface area (Å²) in [7, 11) is 0. The van der Waals surface area contributed by atoms with E-state index in [1.807, 2.05) is 23.1 Å². The number of para-hydroxylation sites is 2. The number of aryl methyl sites for hydroxylation is 1. The molecule has 0 fully saturated rings. The van der Waals surface area contributed by atoms with Crippen molar-refractivity contribution in [3.63, 3.8) is 0 Å². The number of allylic oxidation sites excluding steroid dienone is 6. The summed E-state index contributed by atoms with van der Waals surface area (Å²) >= 11 is 3.83. The van der Waals surface area contributed by atoms with Crippen LogP contribution < -0.4 is 33.4 Å². The summed E-state index contributed by atoms with van der Waals surface area (Å²) in [6.45, 7) is 6.51. The SMILES string of the molecule is CCN1/C(=C\C2=CC3=C/C(=C/c4sc5ccccc5[n+]4CC)CCC3CC2)Sc2ccccc21.[I-]. The van der Waals surface area contributed by atoms with Gasteiger partial charge in [-0.05, 0) is 86.4 Å². The van der Waals surface area contributed by atoms with Crippen molar-refractivity contribution in [1.82, 2.24) is 0 Å². The van der Waals surface area contributed by atoms with Crippen molar-refractivity contribution in [3.05, 3.63) is 93.5 Å². The van der Waals surface area contributed by atoms with Gasteiger partial charge in [0.1, 0.15) is 11.2 Å². The van der Waals surface area contributed by atoms with E-state index in [2.05, 4.69) is 96.1 Å². The highest BCUT2D eigenvalue weighted by atomic mass is 127. The topological polar surface area (TPSA) is 7.12 Å². The number of anilines is 1. The zero-order chi connectivity index (χ0) is 23.1. The van der Waals surface area contributed by atoms with Gasteiger partial charge in [-0.1, -0.05) is 59.5 Å². The Morgan fingerprint density at radius 2 is 1.77 bits per heavy atom. The van der Waals surface area contributed by atoms with Gasteiger partial charge in [-0.2, -0.15) is 4.57 Å². The molecule has 0 radical (unpaired) electrons. The first-order chi connectivity index (χ1) is 16.7. The van der Waals surface area contributed by atoms with Gasteiger partial charge in [0.2, 0.25) is 5.52 Å². The molecular weight excluding hydrogens is 579 g/mol. The summed E-state index contributed by atoms with van der Waals surface area (Å²) < 4.78 is 3.83. The molecular formula is C30H31IN2S2. The summed E-state index contributed by atoms with van der Waals surface area (Å²) in [5.74, 6) is 0.718. The molecule has 1 atom stereocenters. The van der Waals surface area contributed by atoms with Gasteiger partial charge in [0.15, 0.2) is 0 Å². The highest BCUT2D eigenvalue weighted by Crippen LogP contribution is 2.47. The minimum Gasteiger partial charge on any atom is -1.00 e. The van der Waals surface area contributed by atoms with E-state index in [-0.39, 0.29) is 24.0 Å². The number of fused-ring (bicyclic) bond motifs is 3. The van der Waals surface area contributed by atoms with E-state index in [0.717, 1.165) is 19.0 Å². The van der Waals surface area contributed by atoms with Crippen molar-refractivity contribution in [2.24, 2.45) is 5.92 Å². The molecule has 3 aromatic rings. The van der Waals surface area contributed by atoms with Gasteiger partial charge in [0, 0.05) is 23.6 Å². The van der Waals surface area contributed by atoms with Gasteiger partial charge >= 0.3 is 0 Å². The minimum absolute atomic E-state index is 0. The van der Waals surface area contributed by atoms with Crippen molar-refractivity contribution in [2.45, 2.75) is 51.0 Å². The van der Waals surface area contributed by atoms with Crippen LogP contribution in [0.25, 0.3) is 16.3 Å². The number of aromatic nitrogens is 1. The van der Waals surface area contributed by atoms with E-state index in [0.29, 0.717) is 0 Å². The molecule has 0 bridgehead atoms. The molecule has 180 valence electrons. The maximum Gasteiger partial charge on any atom is 0.263 e. The molecule has 1 aromatic heterocycles. The Bertz CT molecular complexity index is 1380. The Labute approximate surface area is 234 Å². The Morgan fingerprint density at radius 1 is 0.971 bits per heavy atom. The van der Waals surface area contributed by atoms with Crippen LogP contribution in [-0.4, -0.2) is 6.54 Å². The number of thiazole rings is 1. The van der Waals surface area contributed by atoms with Crippen LogP contribution in [0, 0.1) is 5.92 Å². The fourth-order valence-electron chi connectivity index (χ4n) is 5.53. The van der Waals surface area contributed by atoms with E-state index >= 15 is 0 Å². The highest BCUT2D eigenvalue weighted by molar-refractivity contribution is 8.03. The lowest BCUT2D eigenvalue weighted by Crippen LogP contribution is -3.00. The van der Waals surface area contributed by atoms with Crippen LogP contribution in [0.3, 0.4) is 0 Å². The molecule has 1 unspecified atom stereocenters. The van der Waals surface area contributed by atoms with Gasteiger partial charge < -0.3 is 28.9 Å². The lowest BCUT2D eigenvalue weighted by atomic mass is 9.77. The quantitative estimate of drug-likeness (QED) is 0.299. The number of halogens is 1. The van der Waals surface area contributed by atoms with Crippen LogP contribution in [0.4, 0.5) is 5.69 Å². The fraction of sp³-hybridized carbons (Fsp3) is 0.300. The third-order valence-electron chi connectivity index (χ3n) is 7.26. The van der Waals surface area contributed by atoms with E-state index in [1.165, 1.54) is 73.2 Å². The number of nitrogens with zero attached hydrogens (tertiary/aromatic N) is 2. The molecule has 0 amide bonds. The summed E-state index contributed by atoms with van der Waals surface area (Å²) in [5, 5.41) is 2.74. The van der Waals surface area contributed by atoms with E-state index in [1.54, 1.807) is 0 Å². The predicted octanol–water partition coefficient (Wildman–Crippen LogP) is 5.13. The van der Waals surface area contributed by atoms with Gasteiger partial charge in [0.25, 0.3) is 5.01 Å². The fourth-order valence-corrected chi connectivity index (χ4v) is 7.93. The summed E-state index contributed by atoms with van der Waals surface area (Å²) in [5.41, 5.74) is 7.18. The summed E-state index contributed by atoms with van der Waals surface area (Å²) in [4.78, 5) is 3.83. The number of hydrogen-bond donors (Lipinski definition) is 0. The molecule has 3 aliphatic rings. The Kier molecular flexibility index (Phi) is 7.56. The molecule has 2 aromatic carbocycles. The molecule has 0 N–H and O–H groups in total. The Balaban J connectivity index is 0.00000253. The first kappa shape index (κ1) is 24.8. The molecule has 2 nitrogen and oxygen atoms in total. The largest absolute Gasteiger partial charge is 1.00 e. The van der Waals surface area contributed by atoms with Crippen LogP contribution in [0.1, 0.15) is 44.5 Å². The average Bonchev–Trinajstić information content (AvgIpc) is 3.40. The summed E-state index contributed by atoms with van der Waals surface area (Å²) in [6, 6.07) is 17.6. The molecule has 5 heteroatoms. The molecule has 1 aliphatic heterocycles. The van der Waals surface area contributed by atoms with Gasteiger partial charge in [-0.15, -0.1) is 0 Å². The Hall–Kier alpha value is -1.83. The van der Waals surface area contributed by atoms with Gasteiger partial charge in [0.05, 0.1) is 10.7 Å². The number of benzene rings is 2. The minimum atomic E-state index is 0. The average molecular weight is 611 g/mol. The first-order valence-corrected chi connectivity index (χ1v) is 14.2. The maximum atomic E-state index is 2.49. The standard InChI is InChI=1S/C30H31N2S2.HI/c1-3-31-25-9-5-7-11-27(25)33-29(31)19-21-13-15-23-16-14-22(18-24(23)17-21)20-30-32(4-2)26-10-6-8-12-28(26)34-30;/h5-12,17-20,23H,3-4,13-16H2,1-2H3;1H/q+1;/p-1. The van der Waals surface area contributed by atoms with Crippen LogP contribution >= 0.6 is 23.1 Å². The maximum absolute atomic E-state index is 2.49. The van der Waals surface area contributed by atoms with Gasteiger partial charge in [-0.25, -0.2) is 0 Å². The van der Waals surface area contributed by atoms with Crippen molar-refractivity contribution in [3.8, 4) is 0 Å². The molecule has 6 rings (SSSR count). The zero-order valence-electron chi connectivity index (χ0n) is 20.3. The second kappa shape index (κ2) is 10.7. The van der Waals surface area contributed by atoms with Crippen molar-refractivity contribution in [1.29, 1.82) is 0 Å². The molecule has 0 saturated heterocycles. The highest BCUT2D eigenvalue weighted by Gasteiger charge is 2.27. The lowest BCUT2D eigenvalue weighted by Gasteiger charge is -2.28. The molecule has 35 heavy (non-hydrogen) atoms. The van der Waals surface area contributed by atoms with Crippen LogP contribution in [-0.2, 0) is 6.54 Å². The molecule has 2 heterocycles.